The second kappa shape index (κ2) is 7.01. The Kier molecular flexibility index (Phi) is 5.91. The standard InChI is InChI=1S/C11H12Cl2N2O4S/c1-6(20(2)19)5-14-11(16)8-3-7(15(17)18)4-9(12)10(8)13/h3-4,6H,5H2,1-2H3,(H,14,16). The molecule has 0 bridgehead atoms. The van der Waals surface area contributed by atoms with Gasteiger partial charge in [0, 0.05) is 41.0 Å². The third kappa shape index (κ3) is 4.16. The van der Waals surface area contributed by atoms with Crippen molar-refractivity contribution in [2.75, 3.05) is 12.8 Å². The van der Waals surface area contributed by atoms with E-state index in [-0.39, 0.29) is 33.1 Å². The van der Waals surface area contributed by atoms with Gasteiger partial charge in [-0.1, -0.05) is 23.2 Å². The lowest BCUT2D eigenvalue weighted by atomic mass is 10.2. The van der Waals surface area contributed by atoms with Crippen LogP contribution in [0.25, 0.3) is 0 Å². The quantitative estimate of drug-likeness (QED) is 0.659. The molecule has 0 heterocycles. The van der Waals surface area contributed by atoms with E-state index in [1.165, 1.54) is 6.26 Å². The molecule has 0 aliphatic heterocycles. The Morgan fingerprint density at radius 2 is 2.10 bits per heavy atom. The fraction of sp³-hybridized carbons (Fsp3) is 0.364. The lowest BCUT2D eigenvalue weighted by Gasteiger charge is -2.11. The van der Waals surface area contributed by atoms with E-state index in [1.54, 1.807) is 6.92 Å². The zero-order chi connectivity index (χ0) is 15.4. The van der Waals surface area contributed by atoms with E-state index in [0.717, 1.165) is 12.1 Å². The number of nitrogens with zero attached hydrogens (tertiary/aromatic N) is 1. The molecule has 0 saturated heterocycles. The number of rotatable bonds is 5. The highest BCUT2D eigenvalue weighted by Gasteiger charge is 2.20. The van der Waals surface area contributed by atoms with Crippen molar-refractivity contribution in [2.24, 2.45) is 0 Å². The van der Waals surface area contributed by atoms with Crippen LogP contribution in [-0.2, 0) is 10.8 Å². The van der Waals surface area contributed by atoms with Crippen LogP contribution in [0.2, 0.25) is 10.0 Å². The van der Waals surface area contributed by atoms with Gasteiger partial charge in [0.15, 0.2) is 0 Å². The molecular weight excluding hydrogens is 327 g/mol. The molecule has 1 amide bonds. The minimum Gasteiger partial charge on any atom is -0.351 e. The number of hydrogen-bond acceptors (Lipinski definition) is 4. The first-order valence-corrected chi connectivity index (χ1v) is 7.85. The average molecular weight is 339 g/mol. The first-order chi connectivity index (χ1) is 9.23. The van der Waals surface area contributed by atoms with Gasteiger partial charge in [0.2, 0.25) is 0 Å². The molecule has 0 aliphatic carbocycles. The van der Waals surface area contributed by atoms with Gasteiger partial charge in [0.05, 0.1) is 20.5 Å². The van der Waals surface area contributed by atoms with Gasteiger partial charge in [-0.2, -0.15) is 0 Å². The second-order valence-corrected chi connectivity index (χ2v) is 6.65. The van der Waals surface area contributed by atoms with Crippen LogP contribution < -0.4 is 5.32 Å². The molecule has 1 rings (SSSR count). The normalized spacial score (nSPS) is 13.6. The molecular formula is C11H12Cl2N2O4S. The second-order valence-electron chi connectivity index (χ2n) is 4.07. The van der Waals surface area contributed by atoms with Gasteiger partial charge >= 0.3 is 0 Å². The Balaban J connectivity index is 2.98. The summed E-state index contributed by atoms with van der Waals surface area (Å²) in [7, 11) is -1.09. The highest BCUT2D eigenvalue weighted by atomic mass is 35.5. The Morgan fingerprint density at radius 1 is 1.50 bits per heavy atom. The number of amides is 1. The zero-order valence-electron chi connectivity index (χ0n) is 10.7. The van der Waals surface area contributed by atoms with Crippen molar-refractivity contribution >= 4 is 45.6 Å². The maximum atomic E-state index is 11.9. The topological polar surface area (TPSA) is 89.3 Å². The number of carbonyl (C=O) groups excluding carboxylic acids is 1. The van der Waals surface area contributed by atoms with E-state index >= 15 is 0 Å². The molecule has 0 fully saturated rings. The summed E-state index contributed by atoms with van der Waals surface area (Å²) in [6, 6.07) is 2.13. The van der Waals surface area contributed by atoms with Gasteiger partial charge in [-0.05, 0) is 6.92 Å². The predicted octanol–water partition coefficient (Wildman–Crippen LogP) is 2.40. The van der Waals surface area contributed by atoms with Gasteiger partial charge in [-0.25, -0.2) is 0 Å². The fourth-order valence-corrected chi connectivity index (χ4v) is 2.02. The summed E-state index contributed by atoms with van der Waals surface area (Å²) in [4.78, 5) is 22.0. The van der Waals surface area contributed by atoms with Gasteiger partial charge in [-0.3, -0.25) is 19.1 Å². The molecule has 0 saturated carbocycles. The summed E-state index contributed by atoms with van der Waals surface area (Å²) in [5, 5.41) is 12.9. The Bertz CT molecular complexity index is 580. The van der Waals surface area contributed by atoms with Crippen LogP contribution in [0.1, 0.15) is 17.3 Å². The van der Waals surface area contributed by atoms with Gasteiger partial charge in [-0.15, -0.1) is 0 Å². The predicted molar refractivity (Wildman–Crippen MR) is 79.0 cm³/mol. The van der Waals surface area contributed by atoms with E-state index in [2.05, 4.69) is 5.32 Å². The molecule has 1 N–H and O–H groups in total. The van der Waals surface area contributed by atoms with E-state index in [1.807, 2.05) is 0 Å². The Hall–Kier alpha value is -1.18. The number of non-ortho nitro benzene ring substituents is 1. The number of hydrogen-bond donors (Lipinski definition) is 1. The summed E-state index contributed by atoms with van der Waals surface area (Å²) < 4.78 is 11.2. The summed E-state index contributed by atoms with van der Waals surface area (Å²) in [6.07, 6.45) is 1.52. The molecule has 1 aromatic rings. The van der Waals surface area contributed by atoms with E-state index < -0.39 is 21.6 Å². The van der Waals surface area contributed by atoms with Crippen LogP contribution in [0.4, 0.5) is 5.69 Å². The van der Waals surface area contributed by atoms with Crippen molar-refractivity contribution in [1.29, 1.82) is 0 Å². The smallest absolute Gasteiger partial charge is 0.271 e. The van der Waals surface area contributed by atoms with Gasteiger partial charge in [0.1, 0.15) is 0 Å². The maximum Gasteiger partial charge on any atom is 0.271 e. The SMILES string of the molecule is CC(CNC(=O)c1cc([N+](=O)[O-])cc(Cl)c1Cl)S(C)=O. The molecule has 110 valence electrons. The number of nitro benzene ring substituents is 1. The van der Waals surface area contributed by atoms with Crippen LogP contribution in [0, 0.1) is 10.1 Å². The number of halogens is 2. The van der Waals surface area contributed by atoms with Gasteiger partial charge < -0.3 is 5.32 Å². The highest BCUT2D eigenvalue weighted by Crippen LogP contribution is 2.30. The minimum atomic E-state index is -1.09. The third-order valence-corrected chi connectivity index (χ3v) is 4.69. The number of carbonyl (C=O) groups is 1. The van der Waals surface area contributed by atoms with E-state index in [4.69, 9.17) is 23.2 Å². The van der Waals surface area contributed by atoms with Crippen molar-refractivity contribution in [3.8, 4) is 0 Å². The van der Waals surface area contributed by atoms with Crippen molar-refractivity contribution in [2.45, 2.75) is 12.2 Å². The molecule has 6 nitrogen and oxygen atoms in total. The van der Waals surface area contributed by atoms with Crippen molar-refractivity contribution in [1.82, 2.24) is 5.32 Å². The molecule has 9 heteroatoms. The summed E-state index contributed by atoms with van der Waals surface area (Å²) in [6.45, 7) is 1.87. The summed E-state index contributed by atoms with van der Waals surface area (Å²) >= 11 is 11.6. The molecule has 0 aliphatic rings. The molecule has 1 aromatic carbocycles. The van der Waals surface area contributed by atoms with Crippen LogP contribution in [-0.4, -0.2) is 33.1 Å². The first kappa shape index (κ1) is 16.9. The van der Waals surface area contributed by atoms with Crippen LogP contribution in [0.3, 0.4) is 0 Å². The highest BCUT2D eigenvalue weighted by molar-refractivity contribution is 7.84. The van der Waals surface area contributed by atoms with Crippen molar-refractivity contribution in [3.05, 3.63) is 37.9 Å². The monoisotopic (exact) mass is 338 g/mol. The lowest BCUT2D eigenvalue weighted by Crippen LogP contribution is -2.32. The molecule has 20 heavy (non-hydrogen) atoms. The van der Waals surface area contributed by atoms with Gasteiger partial charge in [0.25, 0.3) is 11.6 Å². The maximum absolute atomic E-state index is 11.9. The van der Waals surface area contributed by atoms with Crippen molar-refractivity contribution in [3.63, 3.8) is 0 Å². The minimum absolute atomic E-state index is 0.0555. The largest absolute Gasteiger partial charge is 0.351 e. The van der Waals surface area contributed by atoms with Crippen LogP contribution >= 0.6 is 23.2 Å². The number of nitro groups is 1. The first-order valence-electron chi connectivity index (χ1n) is 5.48. The summed E-state index contributed by atoms with van der Waals surface area (Å²) in [5.74, 6) is -0.599. The van der Waals surface area contributed by atoms with E-state index in [0.29, 0.717) is 0 Å². The number of nitrogens with one attached hydrogen (secondary N) is 1. The molecule has 0 spiro atoms. The Morgan fingerprint density at radius 3 is 2.60 bits per heavy atom. The third-order valence-electron chi connectivity index (χ3n) is 2.59. The number of benzene rings is 1. The molecule has 0 aromatic heterocycles. The zero-order valence-corrected chi connectivity index (χ0v) is 13.0. The average Bonchev–Trinajstić information content (AvgIpc) is 2.37. The van der Waals surface area contributed by atoms with Crippen LogP contribution in [0.15, 0.2) is 12.1 Å². The summed E-state index contributed by atoms with van der Waals surface area (Å²) in [5.41, 5.74) is -0.406. The fourth-order valence-electron chi connectivity index (χ4n) is 1.29. The Labute approximate surface area is 128 Å². The lowest BCUT2D eigenvalue weighted by molar-refractivity contribution is -0.384. The van der Waals surface area contributed by atoms with Crippen LogP contribution in [0.5, 0.6) is 0 Å². The molecule has 2 atom stereocenters. The van der Waals surface area contributed by atoms with E-state index in [9.17, 15) is 19.1 Å². The molecule has 0 radical (unpaired) electrons. The van der Waals surface area contributed by atoms with Crippen molar-refractivity contribution < 1.29 is 13.9 Å². The molecule has 2 unspecified atom stereocenters.